The van der Waals surface area contributed by atoms with Crippen molar-refractivity contribution in [1.82, 2.24) is 4.98 Å². The first kappa shape index (κ1) is 15.1. The zero-order valence-corrected chi connectivity index (χ0v) is 11.2. The number of aldehydes is 1. The minimum absolute atomic E-state index is 0. The molecule has 1 heterocycles. The summed E-state index contributed by atoms with van der Waals surface area (Å²) < 4.78 is 35.4. The summed E-state index contributed by atoms with van der Waals surface area (Å²) in [6.07, 6.45) is 2.66. The molecule has 1 rings (SSSR count). The van der Waals surface area contributed by atoms with Crippen LogP contribution in [0.3, 0.4) is 0 Å². The molecule has 0 aromatic carbocycles. The van der Waals surface area contributed by atoms with Gasteiger partial charge in [0.25, 0.3) is 0 Å². The predicted molar refractivity (Wildman–Crippen MR) is 47.7 cm³/mol. The third-order valence-corrected chi connectivity index (χ3v) is 1.44. The molecule has 7 heteroatoms. The molecule has 0 bridgehead atoms. The van der Waals surface area contributed by atoms with Crippen molar-refractivity contribution in [2.45, 2.75) is 0 Å². The molecule has 74 valence electrons. The Labute approximate surface area is 127 Å². The zero-order chi connectivity index (χ0) is 10.6. The fourth-order valence-corrected chi connectivity index (χ4v) is 0.805. The Bertz CT molecular complexity index is 350. The SMILES string of the molecule is O=Cc1ccc(/C=C/[B-](F)(F)F)cn1.[K+]. The third kappa shape index (κ3) is 6.26. The van der Waals surface area contributed by atoms with Gasteiger partial charge in [0.1, 0.15) is 5.69 Å². The third-order valence-electron chi connectivity index (χ3n) is 1.44. The average Bonchev–Trinajstić information content (AvgIpc) is 2.14. The number of aromatic nitrogens is 1. The molecule has 0 aliphatic rings. The first-order valence-corrected chi connectivity index (χ1v) is 3.82. The van der Waals surface area contributed by atoms with Gasteiger partial charge in [0.15, 0.2) is 6.29 Å². The van der Waals surface area contributed by atoms with Gasteiger partial charge in [-0.15, -0.1) is 5.98 Å². The van der Waals surface area contributed by atoms with E-state index >= 15 is 0 Å². The van der Waals surface area contributed by atoms with Gasteiger partial charge in [0.05, 0.1) is 0 Å². The molecule has 0 unspecified atom stereocenters. The van der Waals surface area contributed by atoms with Crippen LogP contribution in [-0.2, 0) is 0 Å². The van der Waals surface area contributed by atoms with Crippen molar-refractivity contribution >= 4 is 19.3 Å². The van der Waals surface area contributed by atoms with Crippen molar-refractivity contribution in [1.29, 1.82) is 0 Å². The molecule has 1 aromatic heterocycles. The molecule has 0 fully saturated rings. The molecule has 0 saturated carbocycles. The largest absolute Gasteiger partial charge is 1.00 e. The predicted octanol–water partition coefficient (Wildman–Crippen LogP) is -0.702. The van der Waals surface area contributed by atoms with Gasteiger partial charge >= 0.3 is 58.4 Å². The van der Waals surface area contributed by atoms with Gasteiger partial charge < -0.3 is 12.9 Å². The quantitative estimate of drug-likeness (QED) is 0.515. The molecule has 0 saturated heterocycles. The van der Waals surface area contributed by atoms with E-state index in [1.54, 1.807) is 0 Å². The van der Waals surface area contributed by atoms with Crippen molar-refractivity contribution < 1.29 is 69.1 Å². The summed E-state index contributed by atoms with van der Waals surface area (Å²) in [5, 5.41) is 0. The molecular formula is C8H6BF3KNO. The number of carbonyl (C=O) groups excluding carboxylic acids is 1. The molecule has 15 heavy (non-hydrogen) atoms. The molecular weight excluding hydrogens is 233 g/mol. The first-order valence-electron chi connectivity index (χ1n) is 3.82. The average molecular weight is 239 g/mol. The van der Waals surface area contributed by atoms with E-state index < -0.39 is 6.98 Å². The van der Waals surface area contributed by atoms with E-state index in [0.29, 0.717) is 11.8 Å². The number of rotatable bonds is 3. The minimum atomic E-state index is -4.92. The normalized spacial score (nSPS) is 11.1. The van der Waals surface area contributed by atoms with Crippen LogP contribution in [0, 0.1) is 0 Å². The van der Waals surface area contributed by atoms with Gasteiger partial charge in [-0.3, -0.25) is 9.78 Å². The number of hydrogen-bond donors (Lipinski definition) is 0. The van der Waals surface area contributed by atoms with Crippen LogP contribution in [0.4, 0.5) is 12.9 Å². The number of carbonyl (C=O) groups is 1. The molecule has 0 atom stereocenters. The smallest absolute Gasteiger partial charge is 0.445 e. The van der Waals surface area contributed by atoms with E-state index in [2.05, 4.69) is 4.98 Å². The van der Waals surface area contributed by atoms with E-state index in [9.17, 15) is 17.7 Å². The summed E-state index contributed by atoms with van der Waals surface area (Å²) in [7, 11) is 0. The Morgan fingerprint density at radius 2 is 1.93 bits per heavy atom. The Balaban J connectivity index is 0.00000196. The second-order valence-corrected chi connectivity index (χ2v) is 2.62. The second kappa shape index (κ2) is 6.59. The zero-order valence-electron chi connectivity index (χ0n) is 8.03. The Hall–Kier alpha value is 0.0513. The Morgan fingerprint density at radius 1 is 1.27 bits per heavy atom. The summed E-state index contributed by atoms with van der Waals surface area (Å²) >= 11 is 0. The van der Waals surface area contributed by atoms with Gasteiger partial charge in [0.2, 0.25) is 0 Å². The Kier molecular flexibility index (Phi) is 6.62. The van der Waals surface area contributed by atoms with E-state index in [0.717, 1.165) is 6.08 Å². The van der Waals surface area contributed by atoms with Crippen LogP contribution in [0.1, 0.15) is 16.1 Å². The minimum Gasteiger partial charge on any atom is -0.445 e. The number of halogens is 3. The van der Waals surface area contributed by atoms with Crippen LogP contribution in [0.25, 0.3) is 6.08 Å². The van der Waals surface area contributed by atoms with Crippen LogP contribution < -0.4 is 51.4 Å². The molecule has 0 N–H and O–H groups in total. The molecule has 2 nitrogen and oxygen atoms in total. The van der Waals surface area contributed by atoms with Gasteiger partial charge in [-0.2, -0.15) is 0 Å². The summed E-state index contributed by atoms with van der Waals surface area (Å²) in [6, 6.07) is 2.76. The maximum atomic E-state index is 11.8. The van der Waals surface area contributed by atoms with Gasteiger partial charge in [-0.1, -0.05) is 12.1 Å². The summed E-state index contributed by atoms with van der Waals surface area (Å²) in [6.45, 7) is -4.92. The van der Waals surface area contributed by atoms with Crippen LogP contribution in [0.5, 0.6) is 0 Å². The first-order chi connectivity index (χ1) is 6.51. The van der Waals surface area contributed by atoms with Crippen LogP contribution in [0.2, 0.25) is 0 Å². The van der Waals surface area contributed by atoms with Crippen molar-refractivity contribution in [3.05, 3.63) is 35.6 Å². The van der Waals surface area contributed by atoms with E-state index in [-0.39, 0.29) is 63.1 Å². The topological polar surface area (TPSA) is 30.0 Å². The summed E-state index contributed by atoms with van der Waals surface area (Å²) in [5.41, 5.74) is 0.509. The molecule has 0 aliphatic heterocycles. The number of pyridine rings is 1. The van der Waals surface area contributed by atoms with Crippen LogP contribution in [0.15, 0.2) is 24.3 Å². The van der Waals surface area contributed by atoms with Gasteiger partial charge in [0, 0.05) is 6.20 Å². The van der Waals surface area contributed by atoms with Crippen molar-refractivity contribution in [2.24, 2.45) is 0 Å². The van der Waals surface area contributed by atoms with E-state index in [1.807, 2.05) is 0 Å². The van der Waals surface area contributed by atoms with E-state index in [1.165, 1.54) is 18.3 Å². The fourth-order valence-electron chi connectivity index (χ4n) is 0.805. The maximum Gasteiger partial charge on any atom is 1.00 e. The Morgan fingerprint density at radius 3 is 2.33 bits per heavy atom. The standard InChI is InChI=1S/C8H6BF3NO.K/c10-9(11,12)4-3-7-1-2-8(6-14)13-5-7;/h1-6H;/q-1;+1/b4-3+;. The molecule has 0 spiro atoms. The molecule has 0 aliphatic carbocycles. The van der Waals surface area contributed by atoms with Crippen molar-refractivity contribution in [3.63, 3.8) is 0 Å². The molecule has 1 aromatic rings. The second-order valence-electron chi connectivity index (χ2n) is 2.62. The monoisotopic (exact) mass is 239 g/mol. The number of hydrogen-bond acceptors (Lipinski definition) is 2. The van der Waals surface area contributed by atoms with Gasteiger partial charge in [-0.25, -0.2) is 0 Å². The molecule has 0 amide bonds. The van der Waals surface area contributed by atoms with E-state index in [4.69, 9.17) is 0 Å². The van der Waals surface area contributed by atoms with Crippen molar-refractivity contribution in [3.8, 4) is 0 Å². The van der Waals surface area contributed by atoms with Crippen LogP contribution in [-0.4, -0.2) is 18.2 Å². The van der Waals surface area contributed by atoms with Crippen LogP contribution >= 0.6 is 0 Å². The summed E-state index contributed by atoms with van der Waals surface area (Å²) in [4.78, 5) is 13.8. The maximum absolute atomic E-state index is 11.8. The number of nitrogens with zero attached hydrogens (tertiary/aromatic N) is 1. The molecule has 0 radical (unpaired) electrons. The fraction of sp³-hybridized carbons (Fsp3) is 0. The van der Waals surface area contributed by atoms with Crippen molar-refractivity contribution in [2.75, 3.05) is 0 Å². The summed E-state index contributed by atoms with van der Waals surface area (Å²) in [5.74, 6) is 0.178. The van der Waals surface area contributed by atoms with Gasteiger partial charge in [-0.05, 0) is 11.6 Å².